The molecule has 1 aromatic heterocycles. The minimum absolute atomic E-state index is 0.429. The van der Waals surface area contributed by atoms with E-state index in [2.05, 4.69) is 12.0 Å². The molecular formula is C14H18ClN3O. The van der Waals surface area contributed by atoms with Crippen molar-refractivity contribution in [2.24, 2.45) is 5.73 Å². The maximum Gasteiger partial charge on any atom is 0.130 e. The molecule has 0 amide bonds. The molecule has 0 unspecified atom stereocenters. The van der Waals surface area contributed by atoms with Gasteiger partial charge in [0.25, 0.3) is 0 Å². The second kappa shape index (κ2) is 6.08. The van der Waals surface area contributed by atoms with Gasteiger partial charge in [-0.15, -0.1) is 0 Å². The maximum absolute atomic E-state index is 5.98. The zero-order valence-electron chi connectivity index (χ0n) is 11.2. The number of aryl methyl sites for hydroxylation is 2. The fourth-order valence-electron chi connectivity index (χ4n) is 1.97. The molecule has 102 valence electrons. The number of nitrogens with zero attached hydrogens (tertiary/aromatic N) is 2. The van der Waals surface area contributed by atoms with Crippen molar-refractivity contribution in [2.75, 3.05) is 0 Å². The van der Waals surface area contributed by atoms with Gasteiger partial charge in [0.2, 0.25) is 0 Å². The third-order valence-corrected chi connectivity index (χ3v) is 3.14. The summed E-state index contributed by atoms with van der Waals surface area (Å²) in [6.07, 6.45) is 0. The zero-order valence-corrected chi connectivity index (χ0v) is 11.9. The maximum atomic E-state index is 5.98. The van der Waals surface area contributed by atoms with Crippen LogP contribution in [0.1, 0.15) is 23.9 Å². The number of rotatable bonds is 5. The predicted molar refractivity (Wildman–Crippen MR) is 76.3 cm³/mol. The van der Waals surface area contributed by atoms with Gasteiger partial charge >= 0.3 is 0 Å². The van der Waals surface area contributed by atoms with E-state index in [0.717, 1.165) is 29.2 Å². The molecule has 0 saturated carbocycles. The lowest BCUT2D eigenvalue weighted by atomic mass is 10.2. The lowest BCUT2D eigenvalue weighted by Gasteiger charge is -2.11. The van der Waals surface area contributed by atoms with Crippen LogP contribution in [-0.2, 0) is 19.7 Å². The molecule has 0 radical (unpaired) electrons. The van der Waals surface area contributed by atoms with Gasteiger partial charge in [-0.1, -0.05) is 17.7 Å². The minimum atomic E-state index is 0.429. The number of nitrogens with two attached hydrogens (primary N) is 1. The first-order valence-electron chi connectivity index (χ1n) is 6.28. The smallest absolute Gasteiger partial charge is 0.130 e. The molecule has 1 aromatic carbocycles. The Hall–Kier alpha value is -1.52. The molecule has 0 atom stereocenters. The van der Waals surface area contributed by atoms with Crippen molar-refractivity contribution >= 4 is 11.6 Å². The topological polar surface area (TPSA) is 53.1 Å². The van der Waals surface area contributed by atoms with Gasteiger partial charge in [-0.2, -0.15) is 5.10 Å². The molecule has 0 spiro atoms. The fraction of sp³-hybridized carbons (Fsp3) is 0.357. The van der Waals surface area contributed by atoms with Crippen molar-refractivity contribution in [2.45, 2.75) is 33.5 Å². The Morgan fingerprint density at radius 1 is 1.37 bits per heavy atom. The monoisotopic (exact) mass is 279 g/mol. The summed E-state index contributed by atoms with van der Waals surface area (Å²) < 4.78 is 7.76. The average Bonchev–Trinajstić information content (AvgIpc) is 2.77. The second-order valence-corrected chi connectivity index (χ2v) is 4.77. The van der Waals surface area contributed by atoms with Gasteiger partial charge in [-0.3, -0.25) is 4.68 Å². The van der Waals surface area contributed by atoms with Crippen molar-refractivity contribution in [3.05, 3.63) is 46.2 Å². The van der Waals surface area contributed by atoms with Crippen LogP contribution in [0.3, 0.4) is 0 Å². The van der Waals surface area contributed by atoms with E-state index in [1.54, 1.807) is 6.07 Å². The molecular weight excluding hydrogens is 262 g/mol. The van der Waals surface area contributed by atoms with Crippen LogP contribution in [0.25, 0.3) is 0 Å². The van der Waals surface area contributed by atoms with Gasteiger partial charge in [0, 0.05) is 23.7 Å². The van der Waals surface area contributed by atoms with E-state index < -0.39 is 0 Å². The molecule has 0 saturated heterocycles. The first kappa shape index (κ1) is 13.9. The van der Waals surface area contributed by atoms with Crippen molar-refractivity contribution in [1.82, 2.24) is 9.78 Å². The molecule has 0 aliphatic carbocycles. The summed E-state index contributed by atoms with van der Waals surface area (Å²) in [5.41, 5.74) is 8.67. The number of ether oxygens (including phenoxy) is 1. The molecule has 2 N–H and O–H groups in total. The summed E-state index contributed by atoms with van der Waals surface area (Å²) in [6.45, 7) is 5.74. The van der Waals surface area contributed by atoms with Gasteiger partial charge in [0.05, 0.1) is 11.4 Å². The minimum Gasteiger partial charge on any atom is -0.487 e. The van der Waals surface area contributed by atoms with Gasteiger partial charge in [-0.25, -0.2) is 0 Å². The van der Waals surface area contributed by atoms with Crippen LogP contribution in [0.2, 0.25) is 5.02 Å². The highest BCUT2D eigenvalue weighted by molar-refractivity contribution is 6.30. The number of benzene rings is 1. The van der Waals surface area contributed by atoms with Crippen LogP contribution in [0.5, 0.6) is 5.75 Å². The normalized spacial score (nSPS) is 10.7. The van der Waals surface area contributed by atoms with E-state index in [4.69, 9.17) is 22.1 Å². The molecule has 0 aliphatic heterocycles. The molecule has 19 heavy (non-hydrogen) atoms. The van der Waals surface area contributed by atoms with E-state index in [1.165, 1.54) is 0 Å². The summed E-state index contributed by atoms with van der Waals surface area (Å²) in [5, 5.41) is 5.03. The Kier molecular flexibility index (Phi) is 4.45. The molecule has 1 heterocycles. The third-order valence-electron chi connectivity index (χ3n) is 2.91. The van der Waals surface area contributed by atoms with Crippen LogP contribution in [0.15, 0.2) is 24.3 Å². The standard InChI is InChI=1S/C14H18ClN3O/c1-3-18-13(6-10(2)17-18)9-19-14-7-12(15)5-4-11(14)8-16/h4-7H,3,8-9,16H2,1-2H3. The van der Waals surface area contributed by atoms with Crippen LogP contribution < -0.4 is 10.5 Å². The first-order chi connectivity index (χ1) is 9.13. The zero-order chi connectivity index (χ0) is 13.8. The molecule has 4 nitrogen and oxygen atoms in total. The quantitative estimate of drug-likeness (QED) is 0.916. The van der Waals surface area contributed by atoms with Crippen LogP contribution in [-0.4, -0.2) is 9.78 Å². The molecule has 0 fully saturated rings. The highest BCUT2D eigenvalue weighted by Gasteiger charge is 2.07. The van der Waals surface area contributed by atoms with Crippen molar-refractivity contribution < 1.29 is 4.74 Å². The largest absolute Gasteiger partial charge is 0.487 e. The SMILES string of the molecule is CCn1nc(C)cc1COc1cc(Cl)ccc1CN. The van der Waals surface area contributed by atoms with E-state index in [0.29, 0.717) is 18.2 Å². The Morgan fingerprint density at radius 3 is 2.84 bits per heavy atom. The first-order valence-corrected chi connectivity index (χ1v) is 6.66. The van der Waals surface area contributed by atoms with E-state index in [9.17, 15) is 0 Å². The van der Waals surface area contributed by atoms with E-state index >= 15 is 0 Å². The predicted octanol–water partition coefficient (Wildman–Crippen LogP) is 2.90. The second-order valence-electron chi connectivity index (χ2n) is 4.34. The molecule has 2 rings (SSSR count). The third kappa shape index (κ3) is 3.28. The summed E-state index contributed by atoms with van der Waals surface area (Å²) in [6, 6.07) is 7.52. The summed E-state index contributed by atoms with van der Waals surface area (Å²) >= 11 is 5.98. The Labute approximate surface area is 118 Å². The number of halogens is 1. The van der Waals surface area contributed by atoms with E-state index in [1.807, 2.05) is 29.8 Å². The van der Waals surface area contributed by atoms with Crippen LogP contribution in [0, 0.1) is 6.92 Å². The number of aromatic nitrogens is 2. The van der Waals surface area contributed by atoms with Crippen molar-refractivity contribution in [3.63, 3.8) is 0 Å². The number of hydrogen-bond donors (Lipinski definition) is 1. The average molecular weight is 280 g/mol. The Balaban J connectivity index is 2.15. The van der Waals surface area contributed by atoms with Gasteiger partial charge in [0.1, 0.15) is 12.4 Å². The van der Waals surface area contributed by atoms with Crippen molar-refractivity contribution in [1.29, 1.82) is 0 Å². The molecule has 2 aromatic rings. The summed E-state index contributed by atoms with van der Waals surface area (Å²) in [4.78, 5) is 0. The van der Waals surface area contributed by atoms with E-state index in [-0.39, 0.29) is 0 Å². The highest BCUT2D eigenvalue weighted by Crippen LogP contribution is 2.24. The van der Waals surface area contributed by atoms with Crippen LogP contribution >= 0.6 is 11.6 Å². The Bertz CT molecular complexity index is 566. The summed E-state index contributed by atoms with van der Waals surface area (Å²) in [5.74, 6) is 0.733. The fourth-order valence-corrected chi connectivity index (χ4v) is 2.13. The van der Waals surface area contributed by atoms with Gasteiger partial charge in [-0.05, 0) is 32.0 Å². The molecule has 0 bridgehead atoms. The summed E-state index contributed by atoms with van der Waals surface area (Å²) in [7, 11) is 0. The lowest BCUT2D eigenvalue weighted by Crippen LogP contribution is -2.08. The number of hydrogen-bond acceptors (Lipinski definition) is 3. The van der Waals surface area contributed by atoms with Gasteiger partial charge < -0.3 is 10.5 Å². The molecule has 5 heteroatoms. The molecule has 0 aliphatic rings. The Morgan fingerprint density at radius 2 is 2.16 bits per heavy atom. The lowest BCUT2D eigenvalue weighted by molar-refractivity contribution is 0.289. The van der Waals surface area contributed by atoms with Gasteiger partial charge in [0.15, 0.2) is 0 Å². The van der Waals surface area contributed by atoms with Crippen LogP contribution in [0.4, 0.5) is 0 Å². The highest BCUT2D eigenvalue weighted by atomic mass is 35.5. The van der Waals surface area contributed by atoms with Crippen molar-refractivity contribution in [3.8, 4) is 5.75 Å².